The lowest BCUT2D eigenvalue weighted by Gasteiger charge is -2.31. The van der Waals surface area contributed by atoms with Crippen LogP contribution in [0.15, 0.2) is 35.2 Å². The highest BCUT2D eigenvalue weighted by molar-refractivity contribution is 7.86. The van der Waals surface area contributed by atoms with Gasteiger partial charge in [-0.1, -0.05) is 38.5 Å². The third-order valence-corrected chi connectivity index (χ3v) is 6.34. The number of carbonyl (C=O) groups is 1. The monoisotopic (exact) mass is 338 g/mol. The van der Waals surface area contributed by atoms with Crippen molar-refractivity contribution in [2.24, 2.45) is 17.8 Å². The molecule has 128 valence electrons. The first-order valence-electron chi connectivity index (χ1n) is 8.41. The van der Waals surface area contributed by atoms with E-state index < -0.39 is 10.1 Å². The number of rotatable bonds is 7. The van der Waals surface area contributed by atoms with Crippen molar-refractivity contribution in [1.29, 1.82) is 0 Å². The van der Waals surface area contributed by atoms with E-state index in [1.807, 2.05) is 0 Å². The van der Waals surface area contributed by atoms with Crippen LogP contribution in [0.4, 0.5) is 0 Å². The fourth-order valence-corrected chi connectivity index (χ4v) is 4.15. The molecule has 1 aliphatic carbocycles. The van der Waals surface area contributed by atoms with E-state index in [9.17, 15) is 13.2 Å². The maximum Gasteiger partial charge on any atom is 0.297 e. The van der Waals surface area contributed by atoms with Crippen molar-refractivity contribution in [2.75, 3.05) is 6.61 Å². The van der Waals surface area contributed by atoms with E-state index >= 15 is 0 Å². The summed E-state index contributed by atoms with van der Waals surface area (Å²) in [6.45, 7) is 4.11. The van der Waals surface area contributed by atoms with Crippen LogP contribution in [0, 0.1) is 17.8 Å². The quantitative estimate of drug-likeness (QED) is 0.709. The fourth-order valence-electron chi connectivity index (χ4n) is 3.25. The Morgan fingerprint density at radius 3 is 2.35 bits per heavy atom. The third-order valence-electron chi connectivity index (χ3n) is 5.06. The van der Waals surface area contributed by atoms with Gasteiger partial charge in [-0.2, -0.15) is 8.42 Å². The Kier molecular flexibility index (Phi) is 6.36. The zero-order chi connectivity index (χ0) is 16.9. The number of benzene rings is 1. The summed E-state index contributed by atoms with van der Waals surface area (Å²) in [6.07, 6.45) is 4.97. The molecule has 1 aliphatic rings. The average molecular weight is 338 g/mol. The Bertz CT molecular complexity index is 601. The van der Waals surface area contributed by atoms with Crippen molar-refractivity contribution in [2.45, 2.75) is 50.8 Å². The number of carbonyl (C=O) groups excluding carboxylic acids is 1. The van der Waals surface area contributed by atoms with Crippen LogP contribution in [0.25, 0.3) is 0 Å². The van der Waals surface area contributed by atoms with Gasteiger partial charge < -0.3 is 0 Å². The van der Waals surface area contributed by atoms with Gasteiger partial charge in [0.25, 0.3) is 10.1 Å². The molecule has 0 aliphatic heterocycles. The number of hydrogen-bond acceptors (Lipinski definition) is 4. The van der Waals surface area contributed by atoms with Crippen molar-refractivity contribution in [3.63, 3.8) is 0 Å². The Morgan fingerprint density at radius 1 is 1.17 bits per heavy atom. The van der Waals surface area contributed by atoms with Gasteiger partial charge in [-0.05, 0) is 49.7 Å². The van der Waals surface area contributed by atoms with Crippen molar-refractivity contribution in [1.82, 2.24) is 0 Å². The van der Waals surface area contributed by atoms with Crippen molar-refractivity contribution in [3.8, 4) is 0 Å². The molecule has 1 atom stereocenters. The highest BCUT2D eigenvalue weighted by Crippen LogP contribution is 2.35. The van der Waals surface area contributed by atoms with E-state index in [1.165, 1.54) is 18.6 Å². The molecule has 4 nitrogen and oxygen atoms in total. The minimum Gasteiger partial charge on any atom is -0.297 e. The molecule has 1 aromatic carbocycles. The van der Waals surface area contributed by atoms with Gasteiger partial charge in [0, 0.05) is 5.92 Å². The zero-order valence-electron chi connectivity index (χ0n) is 13.9. The van der Waals surface area contributed by atoms with E-state index in [0.29, 0.717) is 11.8 Å². The largest absolute Gasteiger partial charge is 0.297 e. The lowest BCUT2D eigenvalue weighted by molar-refractivity contribution is -0.126. The number of ketones is 1. The van der Waals surface area contributed by atoms with Gasteiger partial charge in [0.1, 0.15) is 6.61 Å². The molecule has 0 radical (unpaired) electrons. The molecular weight excluding hydrogens is 312 g/mol. The molecule has 1 unspecified atom stereocenters. The van der Waals surface area contributed by atoms with E-state index in [1.54, 1.807) is 18.2 Å². The second-order valence-electron chi connectivity index (χ2n) is 6.49. The predicted molar refractivity (Wildman–Crippen MR) is 89.5 cm³/mol. The van der Waals surface area contributed by atoms with Crippen molar-refractivity contribution >= 4 is 15.9 Å². The number of hydrogen-bond donors (Lipinski definition) is 0. The Balaban J connectivity index is 1.84. The first kappa shape index (κ1) is 18.1. The summed E-state index contributed by atoms with van der Waals surface area (Å²) >= 11 is 0. The highest BCUT2D eigenvalue weighted by atomic mass is 32.2. The molecule has 0 bridgehead atoms. The SMILES string of the molecule is CCC(C)C1CCC(C(=O)COS(=O)(=O)c2ccccc2)CC1. The Labute approximate surface area is 139 Å². The average Bonchev–Trinajstić information content (AvgIpc) is 2.60. The highest BCUT2D eigenvalue weighted by Gasteiger charge is 2.29. The molecule has 1 saturated carbocycles. The maximum absolute atomic E-state index is 12.2. The summed E-state index contributed by atoms with van der Waals surface area (Å²) in [5.74, 6) is 1.24. The standard InChI is InChI=1S/C18H26O4S/c1-3-14(2)15-9-11-16(12-10-15)18(19)13-22-23(20,21)17-7-5-4-6-8-17/h4-8,14-16H,3,9-13H2,1-2H3. The van der Waals surface area contributed by atoms with E-state index in [2.05, 4.69) is 13.8 Å². The van der Waals surface area contributed by atoms with Gasteiger partial charge >= 0.3 is 0 Å². The van der Waals surface area contributed by atoms with Gasteiger partial charge in [-0.15, -0.1) is 0 Å². The van der Waals surface area contributed by atoms with E-state index in [-0.39, 0.29) is 23.2 Å². The third kappa shape index (κ3) is 4.88. The van der Waals surface area contributed by atoms with Crippen LogP contribution in [-0.2, 0) is 19.1 Å². The topological polar surface area (TPSA) is 60.4 Å². The molecule has 1 aromatic rings. The lowest BCUT2D eigenvalue weighted by atomic mass is 9.74. The first-order chi connectivity index (χ1) is 10.9. The Hall–Kier alpha value is -1.20. The minimum atomic E-state index is -3.84. The van der Waals surface area contributed by atoms with Crippen LogP contribution in [0.3, 0.4) is 0 Å². The van der Waals surface area contributed by atoms with Crippen LogP contribution < -0.4 is 0 Å². The fraction of sp³-hybridized carbons (Fsp3) is 0.611. The second-order valence-corrected chi connectivity index (χ2v) is 8.11. The van der Waals surface area contributed by atoms with Crippen LogP contribution in [0.1, 0.15) is 46.0 Å². The van der Waals surface area contributed by atoms with Crippen LogP contribution >= 0.6 is 0 Å². The normalized spacial score (nSPS) is 23.4. The maximum atomic E-state index is 12.2. The molecule has 23 heavy (non-hydrogen) atoms. The zero-order valence-corrected chi connectivity index (χ0v) is 14.7. The van der Waals surface area contributed by atoms with Gasteiger partial charge in [-0.25, -0.2) is 0 Å². The van der Waals surface area contributed by atoms with Crippen molar-refractivity contribution in [3.05, 3.63) is 30.3 Å². The molecule has 0 N–H and O–H groups in total. The molecule has 2 rings (SSSR count). The van der Waals surface area contributed by atoms with Crippen LogP contribution in [0.2, 0.25) is 0 Å². The molecule has 0 saturated heterocycles. The van der Waals surface area contributed by atoms with Gasteiger partial charge in [0.05, 0.1) is 4.90 Å². The molecule has 5 heteroatoms. The van der Waals surface area contributed by atoms with Gasteiger partial charge in [-0.3, -0.25) is 8.98 Å². The van der Waals surface area contributed by atoms with Crippen LogP contribution in [-0.4, -0.2) is 20.8 Å². The molecule has 0 aromatic heterocycles. The molecule has 0 amide bonds. The van der Waals surface area contributed by atoms with Crippen LogP contribution in [0.5, 0.6) is 0 Å². The molecule has 1 fully saturated rings. The van der Waals surface area contributed by atoms with E-state index in [4.69, 9.17) is 4.18 Å². The summed E-state index contributed by atoms with van der Waals surface area (Å²) in [5, 5.41) is 0. The summed E-state index contributed by atoms with van der Waals surface area (Å²) in [5.41, 5.74) is 0. The second kappa shape index (κ2) is 8.06. The summed E-state index contributed by atoms with van der Waals surface area (Å²) in [7, 11) is -3.84. The summed E-state index contributed by atoms with van der Waals surface area (Å²) < 4.78 is 29.0. The first-order valence-corrected chi connectivity index (χ1v) is 9.82. The molecular formula is C18H26O4S. The van der Waals surface area contributed by atoms with Gasteiger partial charge in [0.15, 0.2) is 5.78 Å². The minimum absolute atomic E-state index is 0.0544. The number of Topliss-reactive ketones (excluding diaryl/α,β-unsaturated/α-hetero) is 1. The molecule has 0 heterocycles. The summed E-state index contributed by atoms with van der Waals surface area (Å²) in [6, 6.07) is 7.94. The smallest absolute Gasteiger partial charge is 0.297 e. The Morgan fingerprint density at radius 2 is 1.78 bits per heavy atom. The van der Waals surface area contributed by atoms with Crippen molar-refractivity contribution < 1.29 is 17.4 Å². The predicted octanol–water partition coefficient (Wildman–Crippen LogP) is 3.81. The summed E-state index contributed by atoms with van der Waals surface area (Å²) in [4.78, 5) is 12.3. The van der Waals surface area contributed by atoms with E-state index in [0.717, 1.165) is 25.7 Å². The van der Waals surface area contributed by atoms with Gasteiger partial charge in [0.2, 0.25) is 0 Å². The lowest BCUT2D eigenvalue weighted by Crippen LogP contribution is -2.28. The molecule has 0 spiro atoms.